The Morgan fingerprint density at radius 1 is 1.43 bits per heavy atom. The van der Waals surface area contributed by atoms with Crippen LogP contribution in [0.5, 0.6) is 0 Å². The number of carbonyl (C=O) groups excluding carboxylic acids is 1. The molecule has 0 aliphatic carbocycles. The number of rotatable bonds is 6. The number of nitrogens with one attached hydrogen (secondary N) is 1. The van der Waals surface area contributed by atoms with E-state index in [2.05, 4.69) is 0 Å². The van der Waals surface area contributed by atoms with Crippen molar-refractivity contribution in [3.63, 3.8) is 0 Å². The number of esters is 1. The summed E-state index contributed by atoms with van der Waals surface area (Å²) in [7, 11) is 1.55. The maximum atomic E-state index is 12.2. The van der Waals surface area contributed by atoms with E-state index in [1.807, 2.05) is 30.3 Å². The molecular formula is C16H23NO4. The summed E-state index contributed by atoms with van der Waals surface area (Å²) in [6.07, 6.45) is 1.30. The molecule has 21 heavy (non-hydrogen) atoms. The monoisotopic (exact) mass is 293 g/mol. The number of ether oxygens (including phenoxy) is 2. The van der Waals surface area contributed by atoms with Gasteiger partial charge in [-0.1, -0.05) is 30.3 Å². The average Bonchev–Trinajstić information content (AvgIpc) is 2.93. The molecule has 0 amide bonds. The van der Waals surface area contributed by atoms with E-state index >= 15 is 0 Å². The lowest BCUT2D eigenvalue weighted by Crippen LogP contribution is -3.10. The van der Waals surface area contributed by atoms with Gasteiger partial charge in [-0.2, -0.15) is 0 Å². The Morgan fingerprint density at radius 3 is 2.71 bits per heavy atom. The molecule has 1 aliphatic heterocycles. The van der Waals surface area contributed by atoms with Crippen molar-refractivity contribution in [2.75, 3.05) is 13.7 Å². The van der Waals surface area contributed by atoms with E-state index in [1.54, 1.807) is 14.0 Å². The van der Waals surface area contributed by atoms with Crippen molar-refractivity contribution in [2.45, 2.75) is 38.5 Å². The molecule has 1 aliphatic rings. The third-order valence-corrected chi connectivity index (χ3v) is 4.11. The van der Waals surface area contributed by atoms with Crippen LogP contribution in [-0.4, -0.2) is 31.8 Å². The highest BCUT2D eigenvalue weighted by molar-refractivity contribution is 5.72. The van der Waals surface area contributed by atoms with Gasteiger partial charge < -0.3 is 19.7 Å². The molecule has 0 radical (unpaired) electrons. The van der Waals surface area contributed by atoms with Crippen LogP contribution in [0, 0.1) is 11.1 Å². The first-order valence-corrected chi connectivity index (χ1v) is 7.39. The summed E-state index contributed by atoms with van der Waals surface area (Å²) >= 11 is 0. The predicted octanol–water partition coefficient (Wildman–Crippen LogP) is 0.926. The molecule has 116 valence electrons. The van der Waals surface area contributed by atoms with Gasteiger partial charge in [-0.25, -0.2) is 0 Å². The van der Waals surface area contributed by atoms with Gasteiger partial charge in [0.2, 0.25) is 0 Å². The van der Waals surface area contributed by atoms with Crippen molar-refractivity contribution in [3.05, 3.63) is 41.1 Å². The lowest BCUT2D eigenvalue weighted by Gasteiger charge is -2.32. The van der Waals surface area contributed by atoms with Crippen molar-refractivity contribution < 1.29 is 19.3 Å². The second-order valence-electron chi connectivity index (χ2n) is 5.55. The minimum atomic E-state index is -0.439. The molecule has 1 saturated heterocycles. The quantitative estimate of drug-likeness (QED) is 0.626. The molecule has 4 atom stereocenters. The molecule has 0 bridgehead atoms. The maximum Gasteiger partial charge on any atom is 0.311 e. The van der Waals surface area contributed by atoms with Crippen LogP contribution in [0.2, 0.25) is 0 Å². The van der Waals surface area contributed by atoms with Crippen molar-refractivity contribution >= 4 is 5.97 Å². The van der Waals surface area contributed by atoms with Gasteiger partial charge in [-0.05, 0) is 12.5 Å². The largest absolute Gasteiger partial charge is 0.634 e. The van der Waals surface area contributed by atoms with Crippen LogP contribution in [0.3, 0.4) is 0 Å². The molecule has 1 aromatic rings. The van der Waals surface area contributed by atoms with Crippen molar-refractivity contribution in [3.8, 4) is 0 Å². The van der Waals surface area contributed by atoms with Gasteiger partial charge in [0.05, 0.1) is 12.5 Å². The molecular weight excluding hydrogens is 270 g/mol. The summed E-state index contributed by atoms with van der Waals surface area (Å²) in [6.45, 7) is 2.61. The minimum Gasteiger partial charge on any atom is -0.634 e. The fraction of sp³-hybridized carbons (Fsp3) is 0.562. The molecule has 0 aromatic heterocycles. The van der Waals surface area contributed by atoms with Crippen molar-refractivity contribution in [2.24, 2.45) is 5.92 Å². The number of hydroxylamine groups is 2. The second kappa shape index (κ2) is 7.54. The van der Waals surface area contributed by atoms with E-state index < -0.39 is 5.92 Å². The lowest BCUT2D eigenvalue weighted by molar-refractivity contribution is -0.865. The van der Waals surface area contributed by atoms with Crippen LogP contribution < -0.4 is 5.06 Å². The Balaban J connectivity index is 1.91. The molecule has 5 heteroatoms. The van der Waals surface area contributed by atoms with Crippen LogP contribution >= 0.6 is 0 Å². The number of hydrogen-bond donors (Lipinski definition) is 1. The van der Waals surface area contributed by atoms with Gasteiger partial charge in [-0.3, -0.25) is 4.79 Å². The van der Waals surface area contributed by atoms with E-state index in [0.29, 0.717) is 6.54 Å². The molecule has 1 heterocycles. The van der Waals surface area contributed by atoms with Gasteiger partial charge in [0.25, 0.3) is 0 Å². The predicted molar refractivity (Wildman–Crippen MR) is 78.4 cm³/mol. The molecule has 5 nitrogen and oxygen atoms in total. The van der Waals surface area contributed by atoms with Gasteiger partial charge in [-0.15, -0.1) is 0 Å². The lowest BCUT2D eigenvalue weighted by atomic mass is 9.96. The molecule has 2 rings (SSSR count). The summed E-state index contributed by atoms with van der Waals surface area (Å²) in [5.41, 5.74) is 0.948. The van der Waals surface area contributed by atoms with Crippen LogP contribution in [0.4, 0.5) is 0 Å². The van der Waals surface area contributed by atoms with Gasteiger partial charge in [0.1, 0.15) is 18.8 Å². The fourth-order valence-corrected chi connectivity index (χ4v) is 2.90. The summed E-state index contributed by atoms with van der Waals surface area (Å²) in [6, 6.07) is 9.37. The van der Waals surface area contributed by atoms with Crippen LogP contribution in [-0.2, 0) is 20.9 Å². The Hall–Kier alpha value is -1.43. The first-order valence-electron chi connectivity index (χ1n) is 7.39. The molecule has 1 fully saturated rings. The molecule has 1 aromatic carbocycles. The smallest absolute Gasteiger partial charge is 0.311 e. The molecule has 0 saturated carbocycles. The highest BCUT2D eigenvalue weighted by Crippen LogP contribution is 2.18. The number of quaternary nitrogens is 1. The zero-order chi connectivity index (χ0) is 15.2. The number of methoxy groups -OCH3 is 1. The zero-order valence-electron chi connectivity index (χ0n) is 12.6. The van der Waals surface area contributed by atoms with E-state index in [9.17, 15) is 10.0 Å². The van der Waals surface area contributed by atoms with Crippen LogP contribution in [0.1, 0.15) is 25.3 Å². The summed E-state index contributed by atoms with van der Waals surface area (Å²) in [4.78, 5) is 12.2. The number of hydrogen-bond acceptors (Lipinski definition) is 4. The van der Waals surface area contributed by atoms with E-state index in [4.69, 9.17) is 9.47 Å². The second-order valence-corrected chi connectivity index (χ2v) is 5.55. The van der Waals surface area contributed by atoms with Crippen LogP contribution in [0.25, 0.3) is 0 Å². The summed E-state index contributed by atoms with van der Waals surface area (Å²) in [5, 5.41) is 12.0. The highest BCUT2D eigenvalue weighted by atomic mass is 16.5. The van der Waals surface area contributed by atoms with Gasteiger partial charge in [0.15, 0.2) is 0 Å². The Labute approximate surface area is 125 Å². The SMILES string of the molecule is CO[C@H]([C@@H](C)C(=O)OCc1ccccc1)[C@@H]1CCC[NH+]1[O-]. The Morgan fingerprint density at radius 2 is 2.14 bits per heavy atom. The average molecular weight is 293 g/mol. The Bertz CT molecular complexity index is 451. The standard InChI is InChI=1S/C16H23NO4/c1-12(15(20-2)14-9-6-10-17(14)19)16(18)21-11-13-7-4-3-5-8-13/h3-5,7-8,12,14-15,17H,6,9-11H2,1-2H3/t12-,14+,15-/m1/s1. The van der Waals surface area contributed by atoms with E-state index in [1.165, 1.54) is 0 Å². The molecule has 1 unspecified atom stereocenters. The fourth-order valence-electron chi connectivity index (χ4n) is 2.90. The number of benzene rings is 1. The molecule has 1 N–H and O–H groups in total. The van der Waals surface area contributed by atoms with Crippen molar-refractivity contribution in [1.82, 2.24) is 0 Å². The molecule has 0 spiro atoms. The topological polar surface area (TPSA) is 63.0 Å². The van der Waals surface area contributed by atoms with E-state index in [0.717, 1.165) is 18.4 Å². The first-order chi connectivity index (χ1) is 10.1. The first kappa shape index (κ1) is 15.9. The minimum absolute atomic E-state index is 0.172. The normalized spacial score (nSPS) is 24.5. The maximum absolute atomic E-state index is 12.2. The van der Waals surface area contributed by atoms with Crippen LogP contribution in [0.15, 0.2) is 30.3 Å². The van der Waals surface area contributed by atoms with Crippen molar-refractivity contribution in [1.29, 1.82) is 0 Å². The van der Waals surface area contributed by atoms with Gasteiger partial charge >= 0.3 is 5.97 Å². The summed E-state index contributed by atoms with van der Waals surface area (Å²) in [5.74, 6) is -0.754. The van der Waals surface area contributed by atoms with E-state index in [-0.39, 0.29) is 29.8 Å². The zero-order valence-corrected chi connectivity index (χ0v) is 12.6. The van der Waals surface area contributed by atoms with Gasteiger partial charge in [0, 0.05) is 20.0 Å². The Kier molecular flexibility index (Phi) is 5.73. The number of carbonyl (C=O) groups is 1. The third kappa shape index (κ3) is 4.03. The highest BCUT2D eigenvalue weighted by Gasteiger charge is 2.38. The third-order valence-electron chi connectivity index (χ3n) is 4.11. The summed E-state index contributed by atoms with van der Waals surface area (Å²) < 4.78 is 10.8.